The molecule has 9 heterocycles. The molecule has 1 aromatic carbocycles. The van der Waals surface area contributed by atoms with Gasteiger partial charge in [0, 0.05) is 11.5 Å². The molecule has 0 spiro atoms. The van der Waals surface area contributed by atoms with Gasteiger partial charge < -0.3 is 228 Å². The van der Waals surface area contributed by atoms with Crippen LogP contribution >= 0.6 is 0 Å². The van der Waals surface area contributed by atoms with E-state index >= 15 is 4.79 Å². The average Bonchev–Trinajstić information content (AvgIpc) is 0.671. The van der Waals surface area contributed by atoms with Gasteiger partial charge in [0.25, 0.3) is 0 Å². The van der Waals surface area contributed by atoms with Crippen molar-refractivity contribution in [3.8, 4) is 11.5 Å². The van der Waals surface area contributed by atoms with Crippen molar-refractivity contribution in [3.63, 3.8) is 0 Å². The van der Waals surface area contributed by atoms with E-state index in [0.29, 0.717) is 64.2 Å². The monoisotopic (exact) mass is 2010 g/mol. The molecule has 0 radical (unpaired) electrons. The molecule has 1 aromatic rings. The zero-order valence-electron chi connectivity index (χ0n) is 78.9. The average molecular weight is 2020 g/mol. The molecule has 0 amide bonds. The second kappa shape index (κ2) is 43.6. The summed E-state index contributed by atoms with van der Waals surface area (Å²) >= 11 is 0. The van der Waals surface area contributed by atoms with Gasteiger partial charge in [-0.1, -0.05) is 59.3 Å². The minimum atomic E-state index is -2.23. The number of allylic oxidation sites excluding steroid dienone is 2. The summed E-state index contributed by atoms with van der Waals surface area (Å²) in [5.74, 6) is -2.80. The Morgan fingerprint density at radius 2 is 0.957 bits per heavy atom. The fourth-order valence-corrected chi connectivity index (χ4v) is 24.4. The second-order valence-electron chi connectivity index (χ2n) is 41.9. The maximum atomic E-state index is 15.5. The van der Waals surface area contributed by atoms with Crippen LogP contribution in [0.4, 0.5) is 0 Å². The van der Waals surface area contributed by atoms with Gasteiger partial charge in [0.05, 0.1) is 83.7 Å². The van der Waals surface area contributed by atoms with Gasteiger partial charge in [0.1, 0.15) is 189 Å². The molecule has 26 N–H and O–H groups in total. The van der Waals surface area contributed by atoms with Crippen LogP contribution < -0.4 is 4.74 Å². The fourth-order valence-electron chi connectivity index (χ4n) is 24.4. The van der Waals surface area contributed by atoms with Gasteiger partial charge in [-0.15, -0.1) is 0 Å². The van der Waals surface area contributed by atoms with E-state index in [1.807, 2.05) is 6.92 Å². The smallest absolute Gasteiger partial charge is 0.331 e. The number of benzene rings is 1. The van der Waals surface area contributed by atoms with Crippen molar-refractivity contribution in [1.82, 2.24) is 0 Å². The van der Waals surface area contributed by atoms with Crippen LogP contribution in [0.1, 0.15) is 125 Å². The maximum Gasteiger partial charge on any atom is 0.331 e. The third-order valence-corrected chi connectivity index (χ3v) is 33.1. The van der Waals surface area contributed by atoms with E-state index in [1.54, 1.807) is 0 Å². The number of fused-ring (bicyclic) bond motifs is 7. The minimum absolute atomic E-state index is 0.0192. The SMILES string of the molecule is COc1ccc(C=CC(=O)O[C@H]2[C@H](O[C@H]3[C@H](O)[C@@H](O)[C@H](O[C@@H]4CO[C@@H](O[C@@H]5[C@@H](O)[C@H](C)O[C@@H](O[C@H]6[C@H](O[C@H]7CC[C@@]8(C)[C@@H](CC[C@]9(C)[C@@H]8CC=C8[C@@H]%10CC(C)(C)CC[C@]%10(C(=O)O[C@@H]%10O[C@H](CO[C@@H]%11O[C@H](CO)[C@@H](O[C@@H]%12O[C@@H](C)[C@H](O)[C@@H](O)[C@H]%12O)[C@H](O)[C@H]%11O)[C@@H](O)[C@H](O)[C@H]%10O)CC[C@]89C)[C@]7(C)CO)OC[C@H](O)[C@@H]6O)[C@@H]5O)[C@H](O)[C@@H]4O)O[C@@H]3CO)O[C@H](CO)[C@@H](O)[C@@H]2O[C@@H]2O[C@H](CO)[C@@H](O)[C@H](O)[C@H]2O)cc1O. The highest BCUT2D eigenvalue weighted by Crippen LogP contribution is 2.76. The summed E-state index contributed by atoms with van der Waals surface area (Å²) in [6, 6.07) is 4.06. The molecule has 9 aliphatic heterocycles. The quantitative estimate of drug-likeness (QED) is 0.0160. The van der Waals surface area contributed by atoms with Gasteiger partial charge >= 0.3 is 11.9 Å². The molecule has 798 valence electrons. The first-order chi connectivity index (χ1) is 66.1. The molecule has 140 heavy (non-hydrogen) atoms. The standard InChI is InChI=1S/C92H142O48/c1-34-52(101)59(108)65(114)79(125-34)135-71-44(28-95)129-77(68(117)62(71)111)123-31-46-56(105)61(110)67(116)82(132-46)140-86(120)92-22-20-87(3,4)25-38(92)37-12-14-49-88(5)18-17-50(89(6,33-97)48(88)16-19-91(49,8)90(37,7)21-23-92)133-84-75(54(103)40(99)30-122-84)139-83-70(119)73(53(102)35(2)126-83)137-78-64(113)57(106)47(32-124-78)131-80-69(118)63(112)72(45(29-96)130-80)136-85-76(134-51(100)15-11-36-10-13-41(121-9)39(98)24-36)74(58(107)43(27-94)128-85)138-81-66(115)60(109)55(104)42(26-93)127-81/h10-13,15,24,34-35,38,40,42-50,52-85,93-99,101-119H,14,16-23,25-33H2,1-9H3/t34-,35-,38-,40-,42+,43+,44+,45+,46+,47+,48+,49+,50-,52-,53-,54-,55+,56+,57+,58+,59+,60-,61-,62+,63+,64+,65+,66+,67+,68+,69+,70+,71+,72+,73+,74-,75+,76+,77+,78-,79-,80-,81-,82-,83-,84-,85-,88-,89-,90+,91+,92-/m0/s1. The maximum absolute atomic E-state index is 15.5. The van der Waals surface area contributed by atoms with Crippen molar-refractivity contribution < 1.29 is 237 Å². The van der Waals surface area contributed by atoms with Crippen molar-refractivity contribution in [1.29, 1.82) is 0 Å². The molecule has 0 bridgehead atoms. The lowest BCUT2D eigenvalue weighted by atomic mass is 9.33. The molecule has 13 fully saturated rings. The van der Waals surface area contributed by atoms with Gasteiger partial charge in [0.15, 0.2) is 67.9 Å². The van der Waals surface area contributed by atoms with Crippen LogP contribution in [-0.2, 0) is 99.6 Å². The summed E-state index contributed by atoms with van der Waals surface area (Å²) in [5, 5.41) is 290. The number of aromatic hydroxyl groups is 1. The van der Waals surface area contributed by atoms with Crippen LogP contribution in [0.5, 0.6) is 11.5 Å². The van der Waals surface area contributed by atoms with E-state index in [4.69, 9.17) is 94.7 Å². The molecule has 52 atom stereocenters. The molecule has 9 saturated heterocycles. The predicted molar refractivity (Wildman–Crippen MR) is 460 cm³/mol. The summed E-state index contributed by atoms with van der Waals surface area (Å²) in [5.41, 5.74) is -2.59. The Morgan fingerprint density at radius 3 is 1.60 bits per heavy atom. The molecule has 48 heteroatoms. The highest BCUT2D eigenvalue weighted by molar-refractivity contribution is 5.87. The van der Waals surface area contributed by atoms with E-state index < -0.39 is 361 Å². The fraction of sp³-hybridized carbons (Fsp3) is 0.870. The van der Waals surface area contributed by atoms with Gasteiger partial charge in [0.2, 0.25) is 6.29 Å². The number of ether oxygens (including phenoxy) is 20. The second-order valence-corrected chi connectivity index (χ2v) is 41.9. The Bertz CT molecular complexity index is 4350. The lowest BCUT2D eigenvalue weighted by molar-refractivity contribution is -0.391. The number of rotatable bonds is 28. The van der Waals surface area contributed by atoms with E-state index in [0.717, 1.165) is 11.6 Å². The molecule has 5 aliphatic carbocycles. The summed E-state index contributed by atoms with van der Waals surface area (Å²) in [7, 11) is 1.31. The number of phenolic OH excluding ortho intramolecular Hbond substituents is 1. The number of carbonyl (C=O) groups is 2. The lowest BCUT2D eigenvalue weighted by Gasteiger charge is -2.71. The molecule has 48 nitrogen and oxygen atoms in total. The number of hydrogen-bond donors (Lipinski definition) is 26. The van der Waals surface area contributed by atoms with Gasteiger partial charge in [-0.3, -0.25) is 4.79 Å². The minimum Gasteiger partial charge on any atom is -0.504 e. The summed E-state index contributed by atoms with van der Waals surface area (Å²) < 4.78 is 119. The Kier molecular flexibility index (Phi) is 34.2. The first-order valence-electron chi connectivity index (χ1n) is 48.0. The normalized spacial score (nSPS) is 51.0. The van der Waals surface area contributed by atoms with Crippen molar-refractivity contribution >= 4 is 18.0 Å². The largest absolute Gasteiger partial charge is 0.504 e. The third kappa shape index (κ3) is 20.5. The zero-order valence-corrected chi connectivity index (χ0v) is 78.9. The van der Waals surface area contributed by atoms with E-state index in [9.17, 15) is 138 Å². The molecular weight excluding hydrogens is 1870 g/mol. The van der Waals surface area contributed by atoms with Crippen LogP contribution in [0.25, 0.3) is 6.08 Å². The molecule has 14 aliphatic rings. The number of aliphatic hydroxyl groups is 25. The molecule has 15 rings (SSSR count). The topological polar surface area (TPSA) is 745 Å². The first kappa shape index (κ1) is 110. The highest BCUT2D eigenvalue weighted by atomic mass is 16.8. The number of hydrogen-bond acceptors (Lipinski definition) is 48. The summed E-state index contributed by atoms with van der Waals surface area (Å²) in [6.07, 6.45) is -70.1. The van der Waals surface area contributed by atoms with Gasteiger partial charge in [-0.2, -0.15) is 0 Å². The first-order valence-corrected chi connectivity index (χ1v) is 48.0. The van der Waals surface area contributed by atoms with E-state index in [1.165, 1.54) is 45.2 Å². The van der Waals surface area contributed by atoms with Gasteiger partial charge in [-0.25, -0.2) is 4.79 Å². The van der Waals surface area contributed by atoms with Crippen molar-refractivity contribution in [2.24, 2.45) is 50.2 Å². The van der Waals surface area contributed by atoms with Crippen molar-refractivity contribution in [3.05, 3.63) is 41.5 Å². The number of esters is 2. The molecule has 0 unspecified atom stereocenters. The zero-order chi connectivity index (χ0) is 102. The summed E-state index contributed by atoms with van der Waals surface area (Å²) in [6.45, 7) is 9.63. The number of methoxy groups -OCH3 is 1. The molecular formula is C92H142O48. The van der Waals surface area contributed by atoms with Crippen LogP contribution in [0.15, 0.2) is 35.9 Å². The number of aliphatic hydroxyl groups excluding tert-OH is 25. The predicted octanol–water partition coefficient (Wildman–Crippen LogP) is -8.63. The van der Waals surface area contributed by atoms with Gasteiger partial charge in [-0.05, 0) is 141 Å². The Labute approximate surface area is 805 Å². The number of carbonyl (C=O) groups excluding carboxylic acids is 2. The van der Waals surface area contributed by atoms with Crippen molar-refractivity contribution in [2.45, 2.75) is 390 Å². The third-order valence-electron chi connectivity index (χ3n) is 33.1. The Morgan fingerprint density at radius 1 is 0.436 bits per heavy atom. The van der Waals surface area contributed by atoms with E-state index in [-0.39, 0.29) is 40.9 Å². The highest BCUT2D eigenvalue weighted by Gasteiger charge is 2.72. The lowest BCUT2D eigenvalue weighted by Crippen LogP contribution is -2.68. The van der Waals surface area contributed by atoms with E-state index in [2.05, 4.69) is 40.7 Å². The van der Waals surface area contributed by atoms with Crippen LogP contribution in [0, 0.1) is 50.2 Å². The molecule has 0 aromatic heterocycles. The van der Waals surface area contributed by atoms with Crippen LogP contribution in [-0.4, -0.2) is 475 Å². The summed E-state index contributed by atoms with van der Waals surface area (Å²) in [4.78, 5) is 29.3. The number of phenols is 1. The van der Waals surface area contributed by atoms with Crippen LogP contribution in [0.2, 0.25) is 0 Å². The van der Waals surface area contributed by atoms with Crippen LogP contribution in [0.3, 0.4) is 0 Å². The van der Waals surface area contributed by atoms with Crippen molar-refractivity contribution in [2.75, 3.05) is 60.0 Å². The Balaban J connectivity index is 0.576. The molecule has 4 saturated carbocycles. The Hall–Kier alpha value is -4.44.